The van der Waals surface area contributed by atoms with Crippen LogP contribution in [0.25, 0.3) is 0 Å². The highest BCUT2D eigenvalue weighted by Gasteiger charge is 2.20. The van der Waals surface area contributed by atoms with Crippen LogP contribution in [0.1, 0.15) is 26.2 Å². The first kappa shape index (κ1) is 22.8. The number of carbonyl (C=O) groups excluding carboxylic acids is 1. The van der Waals surface area contributed by atoms with Gasteiger partial charge >= 0.3 is 0 Å². The van der Waals surface area contributed by atoms with Gasteiger partial charge in [-0.2, -0.15) is 0 Å². The molecule has 0 heterocycles. The van der Waals surface area contributed by atoms with Crippen LogP contribution >= 0.6 is 12.4 Å². The van der Waals surface area contributed by atoms with Crippen LogP contribution < -0.4 is 11.1 Å². The Hall–Kier alpha value is -1.22. The van der Waals surface area contributed by atoms with Gasteiger partial charge in [0.15, 0.2) is 0 Å². The minimum Gasteiger partial charge on any atom is -0.356 e. The number of benzene rings is 1. The number of amides is 1. The van der Waals surface area contributed by atoms with Gasteiger partial charge in [-0.25, -0.2) is 17.1 Å². The molecule has 1 atom stereocenters. The summed E-state index contributed by atoms with van der Waals surface area (Å²) < 4.78 is 38.5. The number of hydrogen-bond donors (Lipinski definition) is 2. The number of nitrogens with one attached hydrogen (secondary N) is 1. The molecule has 1 amide bonds. The molecular formula is C15H25ClFN3O3S. The zero-order chi connectivity index (χ0) is 17.5. The lowest BCUT2D eigenvalue weighted by atomic mass is 10.2. The monoisotopic (exact) mass is 381 g/mol. The molecular weight excluding hydrogens is 357 g/mol. The first-order valence-electron chi connectivity index (χ1n) is 7.47. The second-order valence-corrected chi connectivity index (χ2v) is 7.54. The van der Waals surface area contributed by atoms with Crippen LogP contribution in [-0.2, 0) is 14.8 Å². The predicted molar refractivity (Wildman–Crippen MR) is 94.0 cm³/mol. The Morgan fingerprint density at radius 1 is 1.33 bits per heavy atom. The van der Waals surface area contributed by atoms with Gasteiger partial charge in [0.25, 0.3) is 0 Å². The van der Waals surface area contributed by atoms with Gasteiger partial charge in [0.2, 0.25) is 15.9 Å². The lowest BCUT2D eigenvalue weighted by Crippen LogP contribution is -2.31. The number of rotatable bonds is 9. The van der Waals surface area contributed by atoms with E-state index >= 15 is 0 Å². The average molecular weight is 382 g/mol. The van der Waals surface area contributed by atoms with Crippen LogP contribution in [-0.4, -0.2) is 44.8 Å². The molecule has 0 bridgehead atoms. The van der Waals surface area contributed by atoms with Gasteiger partial charge < -0.3 is 11.1 Å². The van der Waals surface area contributed by atoms with E-state index in [0.717, 1.165) is 16.4 Å². The Morgan fingerprint density at radius 2 is 1.92 bits per heavy atom. The van der Waals surface area contributed by atoms with Crippen molar-refractivity contribution in [3.8, 4) is 0 Å². The minimum atomic E-state index is -3.66. The fraction of sp³-hybridized carbons (Fsp3) is 0.533. The summed E-state index contributed by atoms with van der Waals surface area (Å²) in [6.45, 7) is 2.59. The molecule has 138 valence electrons. The van der Waals surface area contributed by atoms with E-state index in [4.69, 9.17) is 5.73 Å². The standard InChI is InChI=1S/C15H24FN3O3S.ClH/c1-12(17)9-10-18-15(20)4-3-11-19(2)23(21,22)14-7-5-13(16)6-8-14;/h5-8,12H,3-4,9-11,17H2,1-2H3,(H,18,20);1H. The quantitative estimate of drug-likeness (QED) is 0.678. The van der Waals surface area contributed by atoms with Gasteiger partial charge in [-0.1, -0.05) is 0 Å². The fourth-order valence-corrected chi connectivity index (χ4v) is 3.11. The summed E-state index contributed by atoms with van der Waals surface area (Å²) >= 11 is 0. The maximum atomic E-state index is 12.9. The van der Waals surface area contributed by atoms with E-state index in [1.165, 1.54) is 19.2 Å². The van der Waals surface area contributed by atoms with E-state index in [9.17, 15) is 17.6 Å². The van der Waals surface area contributed by atoms with Gasteiger partial charge in [0.1, 0.15) is 5.82 Å². The Balaban J connectivity index is 0.00000529. The van der Waals surface area contributed by atoms with Gasteiger partial charge in [-0.3, -0.25) is 4.79 Å². The second kappa shape index (κ2) is 10.6. The average Bonchev–Trinajstić information content (AvgIpc) is 2.47. The summed E-state index contributed by atoms with van der Waals surface area (Å²) in [7, 11) is -2.23. The molecule has 0 radical (unpaired) electrons. The Labute approximate surface area is 149 Å². The summed E-state index contributed by atoms with van der Waals surface area (Å²) in [6.07, 6.45) is 1.34. The normalized spacial score (nSPS) is 12.5. The van der Waals surface area contributed by atoms with Crippen molar-refractivity contribution in [1.82, 2.24) is 9.62 Å². The van der Waals surface area contributed by atoms with E-state index in [0.29, 0.717) is 19.4 Å². The molecule has 3 N–H and O–H groups in total. The Morgan fingerprint density at radius 3 is 2.46 bits per heavy atom. The number of carbonyl (C=O) groups is 1. The van der Waals surface area contributed by atoms with Crippen LogP contribution in [0.4, 0.5) is 4.39 Å². The molecule has 0 fully saturated rings. The van der Waals surface area contributed by atoms with Crippen molar-refractivity contribution in [1.29, 1.82) is 0 Å². The van der Waals surface area contributed by atoms with E-state index in [2.05, 4.69) is 5.32 Å². The van der Waals surface area contributed by atoms with Crippen molar-refractivity contribution in [2.24, 2.45) is 5.73 Å². The zero-order valence-corrected chi connectivity index (χ0v) is 15.5. The van der Waals surface area contributed by atoms with Gasteiger partial charge in [0.05, 0.1) is 4.90 Å². The van der Waals surface area contributed by atoms with E-state index < -0.39 is 15.8 Å². The van der Waals surface area contributed by atoms with Gasteiger partial charge in [-0.05, 0) is 44.0 Å². The van der Waals surface area contributed by atoms with Crippen molar-refractivity contribution >= 4 is 28.3 Å². The highest BCUT2D eigenvalue weighted by molar-refractivity contribution is 7.89. The fourth-order valence-electron chi connectivity index (χ4n) is 1.90. The van der Waals surface area contributed by atoms with Crippen LogP contribution in [0, 0.1) is 5.82 Å². The highest BCUT2D eigenvalue weighted by Crippen LogP contribution is 2.15. The lowest BCUT2D eigenvalue weighted by Gasteiger charge is -2.17. The summed E-state index contributed by atoms with van der Waals surface area (Å²) in [5, 5.41) is 2.74. The number of hydrogen-bond acceptors (Lipinski definition) is 4. The zero-order valence-electron chi connectivity index (χ0n) is 13.9. The molecule has 1 unspecified atom stereocenters. The Bertz CT molecular complexity index is 609. The first-order chi connectivity index (χ1) is 10.7. The molecule has 1 aromatic rings. The summed E-state index contributed by atoms with van der Waals surface area (Å²) in [5.41, 5.74) is 5.58. The van der Waals surface area contributed by atoms with Crippen molar-refractivity contribution in [2.45, 2.75) is 37.1 Å². The molecule has 1 rings (SSSR count). The van der Waals surface area contributed by atoms with Crippen molar-refractivity contribution in [2.75, 3.05) is 20.1 Å². The molecule has 9 heteroatoms. The highest BCUT2D eigenvalue weighted by atomic mass is 35.5. The SMILES string of the molecule is CC(N)CCNC(=O)CCCN(C)S(=O)(=O)c1ccc(F)cc1.Cl. The van der Waals surface area contributed by atoms with Crippen molar-refractivity contribution in [3.63, 3.8) is 0 Å². The molecule has 0 saturated carbocycles. The molecule has 24 heavy (non-hydrogen) atoms. The minimum absolute atomic E-state index is 0. The van der Waals surface area contributed by atoms with E-state index in [-0.39, 0.29) is 42.2 Å². The third-order valence-electron chi connectivity index (χ3n) is 3.32. The lowest BCUT2D eigenvalue weighted by molar-refractivity contribution is -0.121. The van der Waals surface area contributed by atoms with Gasteiger partial charge in [0, 0.05) is 32.6 Å². The number of sulfonamides is 1. The first-order valence-corrected chi connectivity index (χ1v) is 8.91. The third kappa shape index (κ3) is 7.57. The third-order valence-corrected chi connectivity index (χ3v) is 5.19. The molecule has 0 saturated heterocycles. The molecule has 0 aliphatic carbocycles. The molecule has 6 nitrogen and oxygen atoms in total. The molecule has 0 aliphatic rings. The summed E-state index contributed by atoms with van der Waals surface area (Å²) in [4.78, 5) is 11.6. The predicted octanol–water partition coefficient (Wildman–Crippen LogP) is 1.50. The number of halogens is 2. The van der Waals surface area contributed by atoms with Crippen LogP contribution in [0.5, 0.6) is 0 Å². The smallest absolute Gasteiger partial charge is 0.242 e. The topological polar surface area (TPSA) is 92.5 Å². The number of nitrogens with two attached hydrogens (primary N) is 1. The van der Waals surface area contributed by atoms with Crippen molar-refractivity contribution < 1.29 is 17.6 Å². The molecule has 0 aliphatic heterocycles. The van der Waals surface area contributed by atoms with Crippen LogP contribution in [0.15, 0.2) is 29.2 Å². The van der Waals surface area contributed by atoms with Gasteiger partial charge in [-0.15, -0.1) is 12.4 Å². The molecule has 0 aromatic heterocycles. The molecule has 1 aromatic carbocycles. The van der Waals surface area contributed by atoms with Crippen LogP contribution in [0.2, 0.25) is 0 Å². The number of nitrogens with zero attached hydrogens (tertiary/aromatic N) is 1. The maximum absolute atomic E-state index is 12.9. The Kier molecular flexibility index (Phi) is 10.1. The summed E-state index contributed by atoms with van der Waals surface area (Å²) in [5.74, 6) is -0.617. The van der Waals surface area contributed by atoms with Crippen molar-refractivity contribution in [3.05, 3.63) is 30.1 Å². The summed E-state index contributed by atoms with van der Waals surface area (Å²) in [6, 6.07) is 4.69. The van der Waals surface area contributed by atoms with E-state index in [1.807, 2.05) is 6.92 Å². The largest absolute Gasteiger partial charge is 0.356 e. The maximum Gasteiger partial charge on any atom is 0.242 e. The van der Waals surface area contributed by atoms with Crippen LogP contribution in [0.3, 0.4) is 0 Å². The second-order valence-electron chi connectivity index (χ2n) is 5.50. The molecule has 0 spiro atoms. The van der Waals surface area contributed by atoms with E-state index in [1.54, 1.807) is 0 Å².